The summed E-state index contributed by atoms with van der Waals surface area (Å²) in [5.74, 6) is -1.54. The molecule has 0 radical (unpaired) electrons. The second-order valence-corrected chi connectivity index (χ2v) is 7.04. The number of ether oxygens (including phenoxy) is 1. The molecule has 158 valence electrons. The van der Waals surface area contributed by atoms with Crippen LogP contribution in [0.1, 0.15) is 24.2 Å². The maximum absolute atomic E-state index is 12.6. The molecule has 0 aliphatic heterocycles. The summed E-state index contributed by atoms with van der Waals surface area (Å²) in [5, 5.41) is 5.39. The second-order valence-electron chi connectivity index (χ2n) is 7.04. The third-order valence-electron chi connectivity index (χ3n) is 4.67. The maximum Gasteiger partial charge on any atom is 0.329 e. The third kappa shape index (κ3) is 5.79. The van der Waals surface area contributed by atoms with Crippen molar-refractivity contribution in [2.75, 3.05) is 5.32 Å². The van der Waals surface area contributed by atoms with Gasteiger partial charge in [0.15, 0.2) is 6.10 Å². The Morgan fingerprint density at radius 2 is 1.35 bits per heavy atom. The van der Waals surface area contributed by atoms with Gasteiger partial charge in [0, 0.05) is 16.8 Å². The number of rotatable bonds is 7. The van der Waals surface area contributed by atoms with E-state index < -0.39 is 24.0 Å². The van der Waals surface area contributed by atoms with Crippen LogP contribution in [0, 0.1) is 0 Å². The van der Waals surface area contributed by atoms with Crippen LogP contribution >= 0.6 is 0 Å². The van der Waals surface area contributed by atoms with E-state index in [1.807, 2.05) is 48.5 Å². The van der Waals surface area contributed by atoms with Crippen molar-refractivity contribution in [3.63, 3.8) is 0 Å². The largest absolute Gasteiger partial charge is 0.451 e. The van der Waals surface area contributed by atoms with Gasteiger partial charge in [-0.3, -0.25) is 9.59 Å². The van der Waals surface area contributed by atoms with E-state index in [1.54, 1.807) is 36.4 Å². The Labute approximate surface area is 181 Å². The monoisotopic (exact) mass is 416 g/mol. The Morgan fingerprint density at radius 3 is 2.03 bits per heavy atom. The number of esters is 1. The van der Waals surface area contributed by atoms with Crippen molar-refractivity contribution in [2.45, 2.75) is 26.0 Å². The lowest BCUT2D eigenvalue weighted by Crippen LogP contribution is -2.42. The van der Waals surface area contributed by atoms with Gasteiger partial charge in [0.05, 0.1) is 0 Å². The van der Waals surface area contributed by atoms with Crippen LogP contribution in [0.15, 0.2) is 84.9 Å². The molecule has 3 rings (SSSR count). The number of carbonyl (C=O) groups is 3. The fourth-order valence-electron chi connectivity index (χ4n) is 2.95. The zero-order valence-electron chi connectivity index (χ0n) is 17.4. The van der Waals surface area contributed by atoms with Gasteiger partial charge in [-0.1, -0.05) is 66.7 Å². The van der Waals surface area contributed by atoms with Gasteiger partial charge in [-0.25, -0.2) is 4.79 Å². The highest BCUT2D eigenvalue weighted by atomic mass is 16.5. The summed E-state index contributed by atoms with van der Waals surface area (Å²) in [6, 6.07) is 24.7. The molecule has 0 spiro atoms. The molecule has 31 heavy (non-hydrogen) atoms. The summed E-state index contributed by atoms with van der Waals surface area (Å²) in [6.07, 6.45) is -1.03. The normalized spacial score (nSPS) is 12.3. The SMILES string of the molecule is CC(NC(=O)c1ccccc1)C(=O)OC(C)C(=O)Nc1ccccc1-c1ccccc1. The minimum absolute atomic E-state index is 0.390. The summed E-state index contributed by atoms with van der Waals surface area (Å²) in [7, 11) is 0. The minimum Gasteiger partial charge on any atom is -0.451 e. The Kier molecular flexibility index (Phi) is 7.17. The molecule has 2 N–H and O–H groups in total. The summed E-state index contributed by atoms with van der Waals surface area (Å²) >= 11 is 0. The fourth-order valence-corrected chi connectivity index (χ4v) is 2.95. The number of hydrogen-bond donors (Lipinski definition) is 2. The predicted octanol–water partition coefficient (Wildman–Crippen LogP) is 4.04. The molecular formula is C25H24N2O4. The van der Waals surface area contributed by atoms with Gasteiger partial charge in [-0.15, -0.1) is 0 Å². The summed E-state index contributed by atoms with van der Waals surface area (Å²) in [5.41, 5.74) is 2.87. The van der Waals surface area contributed by atoms with E-state index >= 15 is 0 Å². The van der Waals surface area contributed by atoms with E-state index in [1.165, 1.54) is 13.8 Å². The van der Waals surface area contributed by atoms with E-state index in [9.17, 15) is 14.4 Å². The molecule has 0 saturated heterocycles. The minimum atomic E-state index is -1.03. The van der Waals surface area contributed by atoms with Crippen molar-refractivity contribution < 1.29 is 19.1 Å². The first-order valence-electron chi connectivity index (χ1n) is 9.97. The van der Waals surface area contributed by atoms with Crippen molar-refractivity contribution in [1.82, 2.24) is 5.32 Å². The molecule has 3 aromatic rings. The molecule has 3 aromatic carbocycles. The van der Waals surface area contributed by atoms with Crippen LogP contribution in [-0.4, -0.2) is 29.9 Å². The molecule has 0 aromatic heterocycles. The summed E-state index contributed by atoms with van der Waals surface area (Å²) in [4.78, 5) is 37.2. The number of nitrogens with one attached hydrogen (secondary N) is 2. The van der Waals surface area contributed by atoms with Gasteiger partial charge in [-0.2, -0.15) is 0 Å². The van der Waals surface area contributed by atoms with Gasteiger partial charge < -0.3 is 15.4 Å². The number of anilines is 1. The van der Waals surface area contributed by atoms with Crippen molar-refractivity contribution in [2.24, 2.45) is 0 Å². The van der Waals surface area contributed by atoms with Crippen LogP contribution in [0.5, 0.6) is 0 Å². The molecule has 6 heteroatoms. The van der Waals surface area contributed by atoms with Crippen molar-refractivity contribution >= 4 is 23.5 Å². The molecule has 0 bridgehead atoms. The number of benzene rings is 3. The standard InChI is InChI=1S/C25H24N2O4/c1-17(26-24(29)20-13-7-4-8-14-20)25(30)31-18(2)23(28)27-22-16-10-9-15-21(22)19-11-5-3-6-12-19/h3-18H,1-2H3,(H,26,29)(H,27,28). The summed E-state index contributed by atoms with van der Waals surface area (Å²) < 4.78 is 5.26. The first-order chi connectivity index (χ1) is 15.0. The average molecular weight is 416 g/mol. The first kappa shape index (κ1) is 21.8. The van der Waals surface area contributed by atoms with Gasteiger partial charge in [0.1, 0.15) is 6.04 Å². The van der Waals surface area contributed by atoms with Crippen molar-refractivity contribution in [3.05, 3.63) is 90.5 Å². The Bertz CT molecular complexity index is 1050. The molecule has 0 saturated carbocycles. The molecule has 0 aliphatic carbocycles. The third-order valence-corrected chi connectivity index (χ3v) is 4.67. The smallest absolute Gasteiger partial charge is 0.329 e. The highest BCUT2D eigenvalue weighted by molar-refractivity contribution is 5.99. The fraction of sp³-hybridized carbons (Fsp3) is 0.160. The summed E-state index contributed by atoms with van der Waals surface area (Å²) in [6.45, 7) is 3.00. The number of hydrogen-bond acceptors (Lipinski definition) is 4. The molecule has 2 amide bonds. The molecule has 0 aliphatic rings. The molecule has 0 heterocycles. The second kappa shape index (κ2) is 10.2. The molecular weight excluding hydrogens is 392 g/mol. The van der Waals surface area contributed by atoms with E-state index in [4.69, 9.17) is 4.74 Å². The lowest BCUT2D eigenvalue weighted by Gasteiger charge is -2.18. The van der Waals surface area contributed by atoms with Gasteiger partial charge in [-0.05, 0) is 37.6 Å². The predicted molar refractivity (Wildman–Crippen MR) is 119 cm³/mol. The molecule has 6 nitrogen and oxygen atoms in total. The van der Waals surface area contributed by atoms with Crippen LogP contribution < -0.4 is 10.6 Å². The average Bonchev–Trinajstić information content (AvgIpc) is 2.80. The highest BCUT2D eigenvalue weighted by Crippen LogP contribution is 2.27. The number of carbonyl (C=O) groups excluding carboxylic acids is 3. The first-order valence-corrected chi connectivity index (χ1v) is 9.97. The zero-order chi connectivity index (χ0) is 22.2. The van der Waals surface area contributed by atoms with Gasteiger partial charge in [0.2, 0.25) is 0 Å². The van der Waals surface area contributed by atoms with E-state index in [2.05, 4.69) is 10.6 Å². The van der Waals surface area contributed by atoms with Crippen LogP contribution in [-0.2, 0) is 14.3 Å². The van der Waals surface area contributed by atoms with Crippen molar-refractivity contribution in [3.8, 4) is 11.1 Å². The van der Waals surface area contributed by atoms with Crippen LogP contribution in [0.4, 0.5) is 5.69 Å². The Morgan fingerprint density at radius 1 is 0.774 bits per heavy atom. The topological polar surface area (TPSA) is 84.5 Å². The number of amides is 2. The molecule has 0 fully saturated rings. The van der Waals surface area contributed by atoms with Crippen LogP contribution in [0.25, 0.3) is 11.1 Å². The van der Waals surface area contributed by atoms with Crippen LogP contribution in [0.3, 0.4) is 0 Å². The van der Waals surface area contributed by atoms with E-state index in [-0.39, 0.29) is 5.91 Å². The van der Waals surface area contributed by atoms with E-state index in [0.29, 0.717) is 11.3 Å². The van der Waals surface area contributed by atoms with E-state index in [0.717, 1.165) is 11.1 Å². The zero-order valence-corrected chi connectivity index (χ0v) is 17.4. The molecule has 2 atom stereocenters. The van der Waals surface area contributed by atoms with Gasteiger partial charge in [0.25, 0.3) is 11.8 Å². The Hall–Kier alpha value is -3.93. The maximum atomic E-state index is 12.6. The lowest BCUT2D eigenvalue weighted by atomic mass is 10.0. The van der Waals surface area contributed by atoms with Crippen LogP contribution in [0.2, 0.25) is 0 Å². The quantitative estimate of drug-likeness (QED) is 0.569. The Balaban J connectivity index is 1.60. The number of para-hydroxylation sites is 1. The van der Waals surface area contributed by atoms with Gasteiger partial charge >= 0.3 is 5.97 Å². The highest BCUT2D eigenvalue weighted by Gasteiger charge is 2.24. The molecule has 2 unspecified atom stereocenters. The van der Waals surface area contributed by atoms with Crippen molar-refractivity contribution in [1.29, 1.82) is 0 Å². The lowest BCUT2D eigenvalue weighted by molar-refractivity contribution is -0.154.